The number of nitrogens with two attached hydrogens (primary N) is 1. The monoisotopic (exact) mass is 252 g/mol. The maximum atomic E-state index is 6.18. The normalized spacial score (nSPS) is 25.3. The Labute approximate surface area is 109 Å². The maximum Gasteiger partial charge on any atom is 0.0658 e. The summed E-state index contributed by atoms with van der Waals surface area (Å²) >= 11 is 6.18. The van der Waals surface area contributed by atoms with Crippen LogP contribution in [0.1, 0.15) is 39.0 Å². The topological polar surface area (TPSA) is 38.0 Å². The molecule has 0 heterocycles. The highest BCUT2D eigenvalue weighted by Gasteiger charge is 2.16. The minimum absolute atomic E-state index is 0.557. The SMILES string of the molecule is CC1CCCC(Nc2ccc(N)cc2Cl)CC1. The molecule has 1 aromatic rings. The summed E-state index contributed by atoms with van der Waals surface area (Å²) < 4.78 is 0. The Morgan fingerprint density at radius 1 is 1.24 bits per heavy atom. The number of nitrogen functional groups attached to an aromatic ring is 1. The minimum atomic E-state index is 0.557. The first-order valence-electron chi connectivity index (χ1n) is 6.46. The van der Waals surface area contributed by atoms with E-state index in [1.807, 2.05) is 18.2 Å². The van der Waals surface area contributed by atoms with Gasteiger partial charge in [-0.3, -0.25) is 0 Å². The summed E-state index contributed by atoms with van der Waals surface area (Å²) in [6.45, 7) is 2.35. The molecule has 3 heteroatoms. The molecule has 2 atom stereocenters. The molecule has 0 bridgehead atoms. The molecule has 3 N–H and O–H groups in total. The first kappa shape index (κ1) is 12.6. The van der Waals surface area contributed by atoms with Crippen molar-refractivity contribution in [2.24, 2.45) is 5.92 Å². The molecule has 0 saturated heterocycles. The van der Waals surface area contributed by atoms with Crippen LogP contribution in [0, 0.1) is 5.92 Å². The fourth-order valence-corrected chi connectivity index (χ4v) is 2.74. The molecule has 1 aliphatic rings. The molecular formula is C14H21ClN2. The molecule has 1 fully saturated rings. The number of hydrogen-bond donors (Lipinski definition) is 2. The largest absolute Gasteiger partial charge is 0.399 e. The zero-order valence-electron chi connectivity index (χ0n) is 10.4. The number of rotatable bonds is 2. The summed E-state index contributed by atoms with van der Waals surface area (Å²) in [6, 6.07) is 6.24. The zero-order chi connectivity index (χ0) is 12.3. The lowest BCUT2D eigenvalue weighted by Crippen LogP contribution is -2.18. The van der Waals surface area contributed by atoms with Gasteiger partial charge in [-0.25, -0.2) is 0 Å². The number of halogens is 1. The van der Waals surface area contributed by atoms with Crippen LogP contribution in [-0.4, -0.2) is 6.04 Å². The smallest absolute Gasteiger partial charge is 0.0658 e. The van der Waals surface area contributed by atoms with Gasteiger partial charge in [0.25, 0.3) is 0 Å². The van der Waals surface area contributed by atoms with Gasteiger partial charge in [-0.05, 0) is 43.4 Å². The van der Waals surface area contributed by atoms with Crippen molar-refractivity contribution >= 4 is 23.0 Å². The van der Waals surface area contributed by atoms with Gasteiger partial charge in [0.15, 0.2) is 0 Å². The molecule has 2 unspecified atom stereocenters. The lowest BCUT2D eigenvalue weighted by molar-refractivity contribution is 0.502. The average molecular weight is 253 g/mol. The van der Waals surface area contributed by atoms with Gasteiger partial charge in [0.2, 0.25) is 0 Å². The van der Waals surface area contributed by atoms with Crippen LogP contribution in [0.4, 0.5) is 11.4 Å². The molecule has 1 aliphatic carbocycles. The van der Waals surface area contributed by atoms with E-state index in [9.17, 15) is 0 Å². The van der Waals surface area contributed by atoms with Crippen molar-refractivity contribution in [2.75, 3.05) is 11.1 Å². The van der Waals surface area contributed by atoms with Gasteiger partial charge in [-0.2, -0.15) is 0 Å². The van der Waals surface area contributed by atoms with Gasteiger partial charge in [0, 0.05) is 11.7 Å². The van der Waals surface area contributed by atoms with Gasteiger partial charge in [-0.1, -0.05) is 31.4 Å². The van der Waals surface area contributed by atoms with Crippen molar-refractivity contribution in [3.8, 4) is 0 Å². The number of anilines is 2. The summed E-state index contributed by atoms with van der Waals surface area (Å²) in [7, 11) is 0. The van der Waals surface area contributed by atoms with Gasteiger partial charge < -0.3 is 11.1 Å². The molecule has 0 aliphatic heterocycles. The lowest BCUT2D eigenvalue weighted by atomic mass is 10.0. The molecule has 17 heavy (non-hydrogen) atoms. The van der Waals surface area contributed by atoms with Crippen molar-refractivity contribution in [2.45, 2.75) is 45.1 Å². The third-order valence-electron chi connectivity index (χ3n) is 3.61. The fraction of sp³-hybridized carbons (Fsp3) is 0.571. The molecule has 94 valence electrons. The van der Waals surface area contributed by atoms with E-state index in [4.69, 9.17) is 17.3 Å². The summed E-state index contributed by atoms with van der Waals surface area (Å²) in [5, 5.41) is 4.27. The van der Waals surface area contributed by atoms with Crippen LogP contribution in [0.5, 0.6) is 0 Å². The number of benzene rings is 1. The van der Waals surface area contributed by atoms with Crippen LogP contribution in [-0.2, 0) is 0 Å². The highest BCUT2D eigenvalue weighted by molar-refractivity contribution is 6.33. The van der Waals surface area contributed by atoms with Crippen molar-refractivity contribution < 1.29 is 0 Å². The Hall–Kier alpha value is -0.890. The molecule has 1 saturated carbocycles. The number of nitrogens with one attached hydrogen (secondary N) is 1. The van der Waals surface area contributed by atoms with Crippen LogP contribution in [0.25, 0.3) is 0 Å². The standard InChI is InChI=1S/C14H21ClN2/c1-10-3-2-4-12(7-5-10)17-14-8-6-11(16)9-13(14)15/h6,8-10,12,17H,2-5,7,16H2,1H3. The van der Waals surface area contributed by atoms with Crippen molar-refractivity contribution in [3.63, 3.8) is 0 Å². The summed E-state index contributed by atoms with van der Waals surface area (Å²) in [4.78, 5) is 0. The Morgan fingerprint density at radius 2 is 2.06 bits per heavy atom. The highest BCUT2D eigenvalue weighted by Crippen LogP contribution is 2.29. The molecule has 2 rings (SSSR count). The molecule has 0 aromatic heterocycles. The van der Waals surface area contributed by atoms with Crippen molar-refractivity contribution in [3.05, 3.63) is 23.2 Å². The van der Waals surface area contributed by atoms with E-state index in [0.717, 1.165) is 22.3 Å². The Morgan fingerprint density at radius 3 is 2.82 bits per heavy atom. The van der Waals surface area contributed by atoms with Crippen LogP contribution >= 0.6 is 11.6 Å². The zero-order valence-corrected chi connectivity index (χ0v) is 11.1. The highest BCUT2D eigenvalue weighted by atomic mass is 35.5. The second kappa shape index (κ2) is 5.63. The predicted octanol–water partition coefficient (Wildman–Crippen LogP) is 4.30. The molecule has 0 spiro atoms. The second-order valence-electron chi connectivity index (χ2n) is 5.19. The van der Waals surface area contributed by atoms with E-state index in [-0.39, 0.29) is 0 Å². The summed E-state index contributed by atoms with van der Waals surface area (Å²) in [5.74, 6) is 0.865. The minimum Gasteiger partial charge on any atom is -0.399 e. The van der Waals surface area contributed by atoms with Gasteiger partial charge in [0.1, 0.15) is 0 Å². The molecule has 1 aromatic carbocycles. The van der Waals surface area contributed by atoms with Crippen LogP contribution < -0.4 is 11.1 Å². The third-order valence-corrected chi connectivity index (χ3v) is 3.92. The Kier molecular flexibility index (Phi) is 4.16. The quantitative estimate of drug-likeness (QED) is 0.608. The summed E-state index contributed by atoms with van der Waals surface area (Å²) in [5.41, 5.74) is 7.42. The molecule has 2 nitrogen and oxygen atoms in total. The summed E-state index contributed by atoms with van der Waals surface area (Å²) in [6.07, 6.45) is 6.45. The molecule has 0 radical (unpaired) electrons. The first-order chi connectivity index (χ1) is 8.15. The van der Waals surface area contributed by atoms with E-state index < -0.39 is 0 Å². The van der Waals surface area contributed by atoms with E-state index in [2.05, 4.69) is 12.2 Å². The van der Waals surface area contributed by atoms with Gasteiger partial charge in [0.05, 0.1) is 10.7 Å². The van der Waals surface area contributed by atoms with Gasteiger partial charge >= 0.3 is 0 Å². The van der Waals surface area contributed by atoms with Crippen LogP contribution in [0.3, 0.4) is 0 Å². The fourth-order valence-electron chi connectivity index (χ4n) is 2.50. The van der Waals surface area contributed by atoms with Crippen LogP contribution in [0.2, 0.25) is 5.02 Å². The van der Waals surface area contributed by atoms with Crippen molar-refractivity contribution in [1.82, 2.24) is 0 Å². The maximum absolute atomic E-state index is 6.18. The predicted molar refractivity (Wildman–Crippen MR) is 75.5 cm³/mol. The van der Waals surface area contributed by atoms with E-state index in [0.29, 0.717) is 6.04 Å². The van der Waals surface area contributed by atoms with Crippen LogP contribution in [0.15, 0.2) is 18.2 Å². The second-order valence-corrected chi connectivity index (χ2v) is 5.60. The van der Waals surface area contributed by atoms with E-state index >= 15 is 0 Å². The van der Waals surface area contributed by atoms with Gasteiger partial charge in [-0.15, -0.1) is 0 Å². The molecule has 0 amide bonds. The lowest BCUT2D eigenvalue weighted by Gasteiger charge is -2.19. The Bertz CT molecular complexity index is 378. The third kappa shape index (κ3) is 3.53. The molecular weight excluding hydrogens is 232 g/mol. The average Bonchev–Trinajstić information content (AvgIpc) is 2.48. The van der Waals surface area contributed by atoms with E-state index in [1.165, 1.54) is 32.1 Å². The Balaban J connectivity index is 2.00. The van der Waals surface area contributed by atoms with E-state index in [1.54, 1.807) is 0 Å². The first-order valence-corrected chi connectivity index (χ1v) is 6.84. The number of hydrogen-bond acceptors (Lipinski definition) is 2. The van der Waals surface area contributed by atoms with Crippen molar-refractivity contribution in [1.29, 1.82) is 0 Å².